The van der Waals surface area contributed by atoms with E-state index in [-0.39, 0.29) is 37.4 Å². The number of guanidine groups is 1. The molecule has 1 aliphatic heterocycles. The van der Waals surface area contributed by atoms with E-state index in [0.29, 0.717) is 31.9 Å². The van der Waals surface area contributed by atoms with Gasteiger partial charge >= 0.3 is 12.0 Å². The van der Waals surface area contributed by atoms with Crippen molar-refractivity contribution in [1.82, 2.24) is 15.1 Å². The summed E-state index contributed by atoms with van der Waals surface area (Å²) in [4.78, 5) is 44.2. The molecular formula is C26H36N4O6. The van der Waals surface area contributed by atoms with Crippen LogP contribution in [0.25, 0.3) is 11.0 Å². The molecule has 3 rings (SSSR count). The van der Waals surface area contributed by atoms with Crippen molar-refractivity contribution in [3.05, 3.63) is 29.5 Å². The van der Waals surface area contributed by atoms with Crippen molar-refractivity contribution in [2.75, 3.05) is 40.0 Å². The molecule has 0 aliphatic carbocycles. The van der Waals surface area contributed by atoms with Crippen LogP contribution in [0.2, 0.25) is 0 Å². The highest BCUT2D eigenvalue weighted by Gasteiger charge is 2.23. The fraction of sp³-hybridized carbons (Fsp3) is 0.538. The number of carbonyl (C=O) groups is 3. The third kappa shape index (κ3) is 7.07. The molecule has 3 amide bonds. The first-order chi connectivity index (χ1) is 17.4. The molecule has 0 unspecified atom stereocenters. The third-order valence-corrected chi connectivity index (χ3v) is 6.29. The molecule has 196 valence electrons. The van der Waals surface area contributed by atoms with Crippen molar-refractivity contribution < 1.29 is 28.3 Å². The van der Waals surface area contributed by atoms with E-state index in [1.807, 2.05) is 26.0 Å². The van der Waals surface area contributed by atoms with Crippen LogP contribution in [0.5, 0.6) is 0 Å². The Morgan fingerprint density at radius 3 is 2.67 bits per heavy atom. The van der Waals surface area contributed by atoms with Crippen LogP contribution in [0.1, 0.15) is 44.4 Å². The number of hydrogen-bond acceptors (Lipinski definition) is 7. The zero-order valence-electron chi connectivity index (χ0n) is 21.5. The number of hydrogen-bond donors (Lipinski definition) is 1. The molecule has 10 heteroatoms. The molecule has 2 heterocycles. The molecule has 1 fully saturated rings. The van der Waals surface area contributed by atoms with Gasteiger partial charge in [-0.05, 0) is 56.4 Å². The van der Waals surface area contributed by atoms with Gasteiger partial charge in [-0.25, -0.2) is 9.79 Å². The Hall–Kier alpha value is -3.40. The number of rotatable bonds is 9. The Morgan fingerprint density at radius 1 is 1.25 bits per heavy atom. The quantitative estimate of drug-likeness (QED) is 0.243. The molecule has 10 nitrogen and oxygen atoms in total. The maximum atomic E-state index is 12.9. The Balaban J connectivity index is 1.86. The Labute approximate surface area is 211 Å². The second-order valence-corrected chi connectivity index (χ2v) is 8.84. The summed E-state index contributed by atoms with van der Waals surface area (Å²) in [5, 5.41) is 3.70. The lowest BCUT2D eigenvalue weighted by atomic mass is 10.00. The molecule has 1 N–H and O–H groups in total. The summed E-state index contributed by atoms with van der Waals surface area (Å²) in [5.74, 6) is 0.895. The average Bonchev–Trinajstić information content (AvgIpc) is 3.21. The van der Waals surface area contributed by atoms with Crippen molar-refractivity contribution in [2.24, 2.45) is 10.9 Å². The second kappa shape index (κ2) is 13.1. The van der Waals surface area contributed by atoms with Gasteiger partial charge in [0.25, 0.3) is 0 Å². The number of ether oxygens (including phenoxy) is 2. The fourth-order valence-electron chi connectivity index (χ4n) is 4.12. The fourth-order valence-corrected chi connectivity index (χ4v) is 4.12. The van der Waals surface area contributed by atoms with Gasteiger partial charge in [-0.3, -0.25) is 19.8 Å². The number of aryl methyl sites for hydroxylation is 2. The van der Waals surface area contributed by atoms with Crippen molar-refractivity contribution >= 4 is 41.0 Å². The van der Waals surface area contributed by atoms with E-state index >= 15 is 0 Å². The lowest BCUT2D eigenvalue weighted by molar-refractivity contribution is -0.143. The van der Waals surface area contributed by atoms with E-state index in [0.717, 1.165) is 41.6 Å². The SMILES string of the molecule is CCOC(=O)CCN(C)C(=O)NC(=Nc1ccc2oc(CC)c(C)c2c1)N(C=O)CC1CCOCC1. The molecule has 1 aliphatic rings. The molecule has 0 radical (unpaired) electrons. The molecule has 0 saturated carbocycles. The zero-order valence-corrected chi connectivity index (χ0v) is 21.5. The standard InChI is InChI=1S/C26H36N4O6/c1-5-22-18(3)21-15-20(7-8-23(21)36-22)27-25(30(17-31)16-19-10-13-34-14-11-19)28-26(33)29(4)12-9-24(32)35-6-2/h7-8,15,17,19H,5-6,9-14,16H2,1-4H3,(H,27,28,33). The maximum absolute atomic E-state index is 12.9. The maximum Gasteiger partial charge on any atom is 0.323 e. The minimum absolute atomic E-state index is 0.0693. The van der Waals surface area contributed by atoms with Gasteiger partial charge in [0, 0.05) is 45.2 Å². The molecule has 36 heavy (non-hydrogen) atoms. The molecule has 1 saturated heterocycles. The first-order valence-electron chi connectivity index (χ1n) is 12.4. The molecule has 0 atom stereocenters. The molecule has 0 spiro atoms. The lowest BCUT2D eigenvalue weighted by Gasteiger charge is -2.28. The largest absolute Gasteiger partial charge is 0.466 e. The van der Waals surface area contributed by atoms with Crippen molar-refractivity contribution in [1.29, 1.82) is 0 Å². The van der Waals surface area contributed by atoms with Crippen LogP contribution in [0.15, 0.2) is 27.6 Å². The number of furan rings is 1. The first kappa shape index (κ1) is 27.2. The van der Waals surface area contributed by atoms with Crippen LogP contribution in [-0.2, 0) is 25.5 Å². The van der Waals surface area contributed by atoms with Crippen molar-refractivity contribution in [2.45, 2.75) is 46.5 Å². The van der Waals surface area contributed by atoms with Crippen molar-refractivity contribution in [3.8, 4) is 0 Å². The van der Waals surface area contributed by atoms with Crippen molar-refractivity contribution in [3.63, 3.8) is 0 Å². The minimum atomic E-state index is -0.481. The molecule has 0 bridgehead atoms. The second-order valence-electron chi connectivity index (χ2n) is 8.84. The summed E-state index contributed by atoms with van der Waals surface area (Å²) in [6.45, 7) is 7.91. The molecule has 2 aromatic rings. The van der Waals surface area contributed by atoms with Gasteiger partial charge in [0.05, 0.1) is 18.7 Å². The van der Waals surface area contributed by atoms with Gasteiger partial charge in [0.15, 0.2) is 0 Å². The molecule has 1 aromatic heterocycles. The molecular weight excluding hydrogens is 464 g/mol. The van der Waals surface area contributed by atoms with Crippen LogP contribution in [0.4, 0.5) is 10.5 Å². The van der Waals surface area contributed by atoms with Crippen LogP contribution in [0.3, 0.4) is 0 Å². The lowest BCUT2D eigenvalue weighted by Crippen LogP contribution is -2.49. The van der Waals surface area contributed by atoms with Gasteiger partial charge in [0.2, 0.25) is 12.4 Å². The smallest absolute Gasteiger partial charge is 0.323 e. The van der Waals surface area contributed by atoms with Crippen LogP contribution in [-0.4, -0.2) is 74.1 Å². The summed E-state index contributed by atoms with van der Waals surface area (Å²) in [5.41, 5.74) is 2.39. The normalized spacial score (nSPS) is 14.5. The van der Waals surface area contributed by atoms with Gasteiger partial charge in [-0.1, -0.05) is 6.92 Å². The number of benzene rings is 1. The Kier molecular flexibility index (Phi) is 9.86. The van der Waals surface area contributed by atoms with E-state index in [4.69, 9.17) is 13.9 Å². The molecule has 1 aromatic carbocycles. The number of amides is 3. The van der Waals surface area contributed by atoms with Crippen LogP contribution >= 0.6 is 0 Å². The highest BCUT2D eigenvalue weighted by Crippen LogP contribution is 2.29. The Bertz CT molecular complexity index is 1090. The van der Waals surface area contributed by atoms with Gasteiger partial charge in [-0.15, -0.1) is 0 Å². The van der Waals surface area contributed by atoms with E-state index in [1.165, 1.54) is 9.80 Å². The van der Waals surface area contributed by atoms with Gasteiger partial charge < -0.3 is 18.8 Å². The summed E-state index contributed by atoms with van der Waals surface area (Å²) in [7, 11) is 1.57. The van der Waals surface area contributed by atoms with Crippen LogP contribution in [0, 0.1) is 12.8 Å². The highest BCUT2D eigenvalue weighted by molar-refractivity contribution is 6.01. The number of nitrogens with one attached hydrogen (secondary N) is 1. The number of carbonyl (C=O) groups excluding carboxylic acids is 3. The summed E-state index contributed by atoms with van der Waals surface area (Å²) < 4.78 is 16.3. The predicted molar refractivity (Wildman–Crippen MR) is 136 cm³/mol. The first-order valence-corrected chi connectivity index (χ1v) is 12.4. The minimum Gasteiger partial charge on any atom is -0.466 e. The highest BCUT2D eigenvalue weighted by atomic mass is 16.5. The van der Waals surface area contributed by atoms with E-state index in [2.05, 4.69) is 10.3 Å². The number of aliphatic imine (C=N–C) groups is 1. The summed E-state index contributed by atoms with van der Waals surface area (Å²) in [6.07, 6.45) is 3.18. The van der Waals surface area contributed by atoms with E-state index in [1.54, 1.807) is 20.0 Å². The monoisotopic (exact) mass is 500 g/mol. The summed E-state index contributed by atoms with van der Waals surface area (Å²) >= 11 is 0. The average molecular weight is 501 g/mol. The number of nitrogens with zero attached hydrogens (tertiary/aromatic N) is 3. The number of esters is 1. The van der Waals surface area contributed by atoms with E-state index < -0.39 is 6.03 Å². The summed E-state index contributed by atoms with van der Waals surface area (Å²) in [6, 6.07) is 5.04. The van der Waals surface area contributed by atoms with Gasteiger partial charge in [-0.2, -0.15) is 0 Å². The Morgan fingerprint density at radius 2 is 2.00 bits per heavy atom. The number of urea groups is 1. The predicted octanol–water partition coefficient (Wildman–Crippen LogP) is 3.77. The topological polar surface area (TPSA) is 114 Å². The van der Waals surface area contributed by atoms with Gasteiger partial charge in [0.1, 0.15) is 11.3 Å². The number of fused-ring (bicyclic) bond motifs is 1. The van der Waals surface area contributed by atoms with Crippen LogP contribution < -0.4 is 5.32 Å². The third-order valence-electron chi connectivity index (χ3n) is 6.29. The zero-order chi connectivity index (χ0) is 26.1. The van der Waals surface area contributed by atoms with E-state index in [9.17, 15) is 14.4 Å².